The second kappa shape index (κ2) is 7.41. The zero-order valence-electron chi connectivity index (χ0n) is 16.6. The number of ether oxygens (including phenoxy) is 1. The summed E-state index contributed by atoms with van der Waals surface area (Å²) in [5, 5.41) is 8.60. The Morgan fingerprint density at radius 1 is 1.22 bits per heavy atom. The van der Waals surface area contributed by atoms with Gasteiger partial charge in [0, 0.05) is 6.42 Å². The number of alkyl halides is 1. The number of methoxy groups -OCH3 is 1. The van der Waals surface area contributed by atoms with Gasteiger partial charge in [-0.1, -0.05) is 23.8 Å². The third-order valence-electron chi connectivity index (χ3n) is 5.17. The van der Waals surface area contributed by atoms with Gasteiger partial charge in [-0.3, -0.25) is 0 Å². The van der Waals surface area contributed by atoms with Crippen LogP contribution in [0.2, 0.25) is 0 Å². The maximum atomic E-state index is 16.2. The first-order valence-corrected chi connectivity index (χ1v) is 9.56. The van der Waals surface area contributed by atoms with Crippen LogP contribution in [0, 0.1) is 0 Å². The predicted octanol–water partition coefficient (Wildman–Crippen LogP) is 4.34. The van der Waals surface area contributed by atoms with E-state index in [1.165, 1.54) is 7.11 Å². The highest BCUT2D eigenvalue weighted by molar-refractivity contribution is 5.89. The van der Waals surface area contributed by atoms with Crippen LogP contribution in [0.5, 0.6) is 0 Å². The minimum Gasteiger partial charge on any atom is -0.465 e. The third-order valence-corrected chi connectivity index (χ3v) is 5.17. The summed E-state index contributed by atoms with van der Waals surface area (Å²) in [5.41, 5.74) is 0.910. The molecule has 1 aliphatic rings. The van der Waals surface area contributed by atoms with Gasteiger partial charge in [0.25, 0.3) is 0 Å². The highest BCUT2D eigenvalue weighted by Crippen LogP contribution is 2.39. The molecular formula is C21H28FN3O2. The van der Waals surface area contributed by atoms with Gasteiger partial charge in [-0.25, -0.2) is 13.9 Å². The van der Waals surface area contributed by atoms with Crippen LogP contribution < -0.4 is 0 Å². The quantitative estimate of drug-likeness (QED) is 0.751. The van der Waals surface area contributed by atoms with Crippen LogP contribution in [-0.4, -0.2) is 28.1 Å². The maximum absolute atomic E-state index is 16.2. The van der Waals surface area contributed by atoms with Crippen molar-refractivity contribution in [3.05, 3.63) is 46.8 Å². The lowest BCUT2D eigenvalue weighted by Crippen LogP contribution is -2.30. The summed E-state index contributed by atoms with van der Waals surface area (Å²) in [6, 6.07) is 6.95. The van der Waals surface area contributed by atoms with Gasteiger partial charge in [0.2, 0.25) is 0 Å². The Morgan fingerprint density at radius 3 is 2.56 bits per heavy atom. The number of carbonyl (C=O) groups is 1. The van der Waals surface area contributed by atoms with Crippen molar-refractivity contribution >= 4 is 5.97 Å². The van der Waals surface area contributed by atoms with Gasteiger partial charge in [-0.2, -0.15) is 0 Å². The Balaban J connectivity index is 1.95. The molecule has 2 aromatic rings. The van der Waals surface area contributed by atoms with Crippen molar-refractivity contribution in [2.45, 2.75) is 70.5 Å². The lowest BCUT2D eigenvalue weighted by atomic mass is 9.84. The van der Waals surface area contributed by atoms with E-state index >= 15 is 4.39 Å². The van der Waals surface area contributed by atoms with Crippen molar-refractivity contribution < 1.29 is 13.9 Å². The number of hydrogen-bond donors (Lipinski definition) is 0. The fourth-order valence-electron chi connectivity index (χ4n) is 3.78. The minimum atomic E-state index is -1.55. The summed E-state index contributed by atoms with van der Waals surface area (Å²) in [5.74, 6) is -0.391. The van der Waals surface area contributed by atoms with Gasteiger partial charge < -0.3 is 4.74 Å². The van der Waals surface area contributed by atoms with Crippen LogP contribution in [0.4, 0.5) is 4.39 Å². The average molecular weight is 373 g/mol. The van der Waals surface area contributed by atoms with E-state index in [0.29, 0.717) is 17.7 Å². The molecule has 1 atom stereocenters. The Morgan fingerprint density at radius 2 is 1.93 bits per heavy atom. The Bertz CT molecular complexity index is 808. The van der Waals surface area contributed by atoms with Crippen LogP contribution in [-0.2, 0) is 28.8 Å². The lowest BCUT2D eigenvalue weighted by Gasteiger charge is -2.28. The minimum absolute atomic E-state index is 0.226. The fourth-order valence-corrected chi connectivity index (χ4v) is 3.78. The van der Waals surface area contributed by atoms with Crippen molar-refractivity contribution in [2.24, 2.45) is 0 Å². The van der Waals surface area contributed by atoms with Gasteiger partial charge in [-0.05, 0) is 64.2 Å². The van der Waals surface area contributed by atoms with E-state index in [4.69, 9.17) is 4.74 Å². The first-order valence-electron chi connectivity index (χ1n) is 9.56. The van der Waals surface area contributed by atoms with Crippen molar-refractivity contribution in [3.63, 3.8) is 0 Å². The molecule has 0 saturated heterocycles. The monoisotopic (exact) mass is 373 g/mol. The number of nitrogens with zero attached hydrogens (tertiary/aromatic N) is 3. The van der Waals surface area contributed by atoms with Crippen molar-refractivity contribution in [1.29, 1.82) is 0 Å². The lowest BCUT2D eigenvalue weighted by molar-refractivity contribution is 0.0600. The zero-order chi connectivity index (χ0) is 19.7. The van der Waals surface area contributed by atoms with Gasteiger partial charge in [-0.15, -0.1) is 5.10 Å². The number of halogens is 1. The van der Waals surface area contributed by atoms with Crippen LogP contribution in [0.1, 0.15) is 73.8 Å². The molecule has 6 heteroatoms. The molecule has 5 nitrogen and oxygen atoms in total. The first-order chi connectivity index (χ1) is 12.7. The molecule has 0 N–H and O–H groups in total. The topological polar surface area (TPSA) is 57.0 Å². The summed E-state index contributed by atoms with van der Waals surface area (Å²) < 4.78 is 22.8. The molecule has 0 aliphatic heterocycles. The highest BCUT2D eigenvalue weighted by atomic mass is 19.1. The molecule has 1 aliphatic carbocycles. The molecule has 1 heterocycles. The standard InChI is InChI=1S/C21H28FN3O2/c1-20(2,3)25-17-8-6-5-7-13-21(22,18(17)23-24-25)14-15-9-11-16(12-10-15)19(26)27-4/h9-12H,5-8,13-14H2,1-4H3. The second-order valence-electron chi connectivity index (χ2n) is 8.36. The molecule has 0 saturated carbocycles. The molecule has 0 bridgehead atoms. The summed E-state index contributed by atoms with van der Waals surface area (Å²) >= 11 is 0. The molecule has 1 aromatic carbocycles. The zero-order valence-corrected chi connectivity index (χ0v) is 16.6. The molecule has 3 rings (SSSR count). The second-order valence-corrected chi connectivity index (χ2v) is 8.36. The first kappa shape index (κ1) is 19.5. The summed E-state index contributed by atoms with van der Waals surface area (Å²) in [6.07, 6.45) is 4.32. The molecule has 0 spiro atoms. The SMILES string of the molecule is COC(=O)c1ccc(CC2(F)CCCCCc3c2nnn3C(C)(C)C)cc1. The Labute approximate surface area is 159 Å². The van der Waals surface area contributed by atoms with Gasteiger partial charge in [0.15, 0.2) is 5.67 Å². The third kappa shape index (κ3) is 4.04. The van der Waals surface area contributed by atoms with E-state index in [2.05, 4.69) is 31.1 Å². The number of hydrogen-bond acceptors (Lipinski definition) is 4. The van der Waals surface area contributed by atoms with Crippen LogP contribution >= 0.6 is 0 Å². The molecule has 0 amide bonds. The largest absolute Gasteiger partial charge is 0.465 e. The van der Waals surface area contributed by atoms with E-state index in [1.807, 2.05) is 4.68 Å². The molecule has 0 fully saturated rings. The van der Waals surface area contributed by atoms with Crippen LogP contribution in [0.15, 0.2) is 24.3 Å². The van der Waals surface area contributed by atoms with E-state index in [0.717, 1.165) is 36.9 Å². The molecule has 1 unspecified atom stereocenters. The van der Waals surface area contributed by atoms with Crippen molar-refractivity contribution in [1.82, 2.24) is 15.0 Å². The number of rotatable bonds is 3. The average Bonchev–Trinajstić information content (AvgIpc) is 3.04. The van der Waals surface area contributed by atoms with E-state index < -0.39 is 11.6 Å². The van der Waals surface area contributed by atoms with Crippen molar-refractivity contribution in [3.8, 4) is 0 Å². The normalized spacial score (nSPS) is 20.5. The fraction of sp³-hybridized carbons (Fsp3) is 0.571. The van der Waals surface area contributed by atoms with E-state index in [1.54, 1.807) is 24.3 Å². The van der Waals surface area contributed by atoms with Gasteiger partial charge in [0.05, 0.1) is 23.9 Å². The number of aromatic nitrogens is 3. The van der Waals surface area contributed by atoms with E-state index in [9.17, 15) is 4.79 Å². The Hall–Kier alpha value is -2.24. The highest BCUT2D eigenvalue weighted by Gasteiger charge is 2.40. The summed E-state index contributed by atoms with van der Waals surface area (Å²) in [6.45, 7) is 6.19. The maximum Gasteiger partial charge on any atom is 0.337 e. The predicted molar refractivity (Wildman–Crippen MR) is 101 cm³/mol. The molecule has 27 heavy (non-hydrogen) atoms. The van der Waals surface area contributed by atoms with Gasteiger partial charge in [0.1, 0.15) is 5.69 Å². The van der Waals surface area contributed by atoms with E-state index in [-0.39, 0.29) is 12.0 Å². The van der Waals surface area contributed by atoms with Crippen molar-refractivity contribution in [2.75, 3.05) is 7.11 Å². The smallest absolute Gasteiger partial charge is 0.337 e. The van der Waals surface area contributed by atoms with Gasteiger partial charge >= 0.3 is 5.97 Å². The molecule has 1 aromatic heterocycles. The number of carbonyl (C=O) groups excluding carboxylic acids is 1. The van der Waals surface area contributed by atoms with Crippen LogP contribution in [0.3, 0.4) is 0 Å². The Kier molecular flexibility index (Phi) is 5.36. The summed E-state index contributed by atoms with van der Waals surface area (Å²) in [4.78, 5) is 11.6. The molecular weight excluding hydrogens is 345 g/mol. The summed E-state index contributed by atoms with van der Waals surface area (Å²) in [7, 11) is 1.35. The number of fused-ring (bicyclic) bond motifs is 1. The van der Waals surface area contributed by atoms with Crippen LogP contribution in [0.25, 0.3) is 0 Å². The number of benzene rings is 1. The molecule has 146 valence electrons. The number of esters is 1. The molecule has 0 radical (unpaired) electrons.